The van der Waals surface area contributed by atoms with E-state index in [2.05, 4.69) is 0 Å². The van der Waals surface area contributed by atoms with Gasteiger partial charge in [-0.15, -0.1) is 11.6 Å². The molecule has 84 valence electrons. The molecule has 0 saturated carbocycles. The summed E-state index contributed by atoms with van der Waals surface area (Å²) in [5.74, 6) is 0.446. The van der Waals surface area contributed by atoms with Crippen LogP contribution in [0.5, 0.6) is 0 Å². The zero-order valence-electron chi connectivity index (χ0n) is 9.09. The fourth-order valence-electron chi connectivity index (χ4n) is 1.06. The summed E-state index contributed by atoms with van der Waals surface area (Å²) in [5, 5.41) is 0. The average Bonchev–Trinajstić information content (AvgIpc) is 2.16. The summed E-state index contributed by atoms with van der Waals surface area (Å²) < 4.78 is 16.7. The van der Waals surface area contributed by atoms with Crippen molar-refractivity contribution in [3.8, 4) is 0 Å². The van der Waals surface area contributed by atoms with Crippen LogP contribution in [-0.2, 0) is 13.3 Å². The zero-order chi connectivity index (χ0) is 10.9. The Balaban J connectivity index is 4.45. The van der Waals surface area contributed by atoms with Gasteiger partial charge in [-0.1, -0.05) is 6.08 Å². The van der Waals surface area contributed by atoms with Crippen LogP contribution in [0.15, 0.2) is 11.8 Å². The van der Waals surface area contributed by atoms with Gasteiger partial charge in [0.2, 0.25) is 0 Å². The first-order chi connectivity index (χ1) is 6.74. The molecule has 5 heteroatoms. The molecule has 0 bridgehead atoms. The SMILES string of the molecule is CCO[Si](/C=C/CCl)(OCC)OCC. The highest BCUT2D eigenvalue weighted by atomic mass is 35.5. The third kappa shape index (κ3) is 5.12. The Morgan fingerprint density at radius 1 is 1.00 bits per heavy atom. The van der Waals surface area contributed by atoms with Crippen LogP contribution in [0.1, 0.15) is 20.8 Å². The van der Waals surface area contributed by atoms with Crippen molar-refractivity contribution in [2.24, 2.45) is 0 Å². The lowest BCUT2D eigenvalue weighted by Gasteiger charge is -2.25. The molecule has 3 nitrogen and oxygen atoms in total. The molecule has 0 rings (SSSR count). The van der Waals surface area contributed by atoms with Crippen LogP contribution in [0.3, 0.4) is 0 Å². The second kappa shape index (κ2) is 8.44. The fraction of sp³-hybridized carbons (Fsp3) is 0.778. The highest BCUT2D eigenvalue weighted by Crippen LogP contribution is 2.11. The minimum Gasteiger partial charge on any atom is -0.371 e. The molecule has 0 radical (unpaired) electrons. The predicted octanol–water partition coefficient (Wildman–Crippen LogP) is 2.37. The summed E-state index contributed by atoms with van der Waals surface area (Å²) in [5.41, 5.74) is 1.84. The molecule has 0 N–H and O–H groups in total. The Kier molecular flexibility index (Phi) is 8.51. The summed E-state index contributed by atoms with van der Waals surface area (Å²) in [6.45, 7) is 7.52. The van der Waals surface area contributed by atoms with E-state index in [0.717, 1.165) is 0 Å². The first kappa shape index (κ1) is 14.1. The minimum absolute atomic E-state index is 0.446. The maximum atomic E-state index is 5.58. The topological polar surface area (TPSA) is 27.7 Å². The van der Waals surface area contributed by atoms with Crippen molar-refractivity contribution in [3.63, 3.8) is 0 Å². The van der Waals surface area contributed by atoms with Gasteiger partial charge in [0.05, 0.1) is 0 Å². The average molecular weight is 239 g/mol. The summed E-state index contributed by atoms with van der Waals surface area (Å²) in [6, 6.07) is 0. The van der Waals surface area contributed by atoms with Gasteiger partial charge in [0.25, 0.3) is 0 Å². The molecule has 0 aromatic heterocycles. The molecular formula is C9H19ClO3Si. The van der Waals surface area contributed by atoms with Gasteiger partial charge in [-0.2, -0.15) is 0 Å². The van der Waals surface area contributed by atoms with Crippen molar-refractivity contribution in [2.45, 2.75) is 20.8 Å². The number of halogens is 1. The quantitative estimate of drug-likeness (QED) is 0.480. The smallest absolute Gasteiger partial charge is 0.371 e. The van der Waals surface area contributed by atoms with Crippen LogP contribution in [-0.4, -0.2) is 34.5 Å². The van der Waals surface area contributed by atoms with Gasteiger partial charge in [-0.25, -0.2) is 0 Å². The Bertz CT molecular complexity index is 147. The van der Waals surface area contributed by atoms with Gasteiger partial charge >= 0.3 is 8.80 Å². The van der Waals surface area contributed by atoms with E-state index >= 15 is 0 Å². The van der Waals surface area contributed by atoms with Crippen molar-refractivity contribution in [1.29, 1.82) is 0 Å². The summed E-state index contributed by atoms with van der Waals surface area (Å²) >= 11 is 5.58. The van der Waals surface area contributed by atoms with E-state index in [-0.39, 0.29) is 0 Å². The van der Waals surface area contributed by atoms with E-state index in [0.29, 0.717) is 25.7 Å². The van der Waals surface area contributed by atoms with Gasteiger partial charge in [-0.3, -0.25) is 0 Å². The maximum Gasteiger partial charge on any atom is 0.529 e. The second-order valence-electron chi connectivity index (χ2n) is 2.46. The number of allylic oxidation sites excluding steroid dienone is 1. The van der Waals surface area contributed by atoms with Gasteiger partial charge < -0.3 is 13.3 Å². The number of rotatable bonds is 8. The molecular weight excluding hydrogens is 220 g/mol. The van der Waals surface area contributed by atoms with Gasteiger partial charge in [-0.05, 0) is 26.5 Å². The lowest BCUT2D eigenvalue weighted by molar-refractivity contribution is 0.0842. The molecule has 14 heavy (non-hydrogen) atoms. The lowest BCUT2D eigenvalue weighted by atomic mass is 10.8. The highest BCUT2D eigenvalue weighted by molar-refractivity contribution is 6.66. The molecule has 0 aromatic rings. The standard InChI is InChI=1S/C9H19ClO3Si/c1-4-11-14(12-5-2,13-6-3)9-7-8-10/h7,9H,4-6,8H2,1-3H3/b9-7+. The van der Waals surface area contributed by atoms with Crippen LogP contribution in [0.2, 0.25) is 0 Å². The van der Waals surface area contributed by atoms with Crippen LogP contribution in [0.25, 0.3) is 0 Å². The molecule has 0 aliphatic carbocycles. The highest BCUT2D eigenvalue weighted by Gasteiger charge is 2.37. The predicted molar refractivity (Wildman–Crippen MR) is 60.5 cm³/mol. The maximum absolute atomic E-state index is 5.58. The van der Waals surface area contributed by atoms with Crippen molar-refractivity contribution in [2.75, 3.05) is 25.7 Å². The number of hydrogen-bond acceptors (Lipinski definition) is 3. The molecule has 0 spiro atoms. The van der Waals surface area contributed by atoms with E-state index in [1.165, 1.54) is 0 Å². The molecule has 0 heterocycles. The van der Waals surface area contributed by atoms with Crippen molar-refractivity contribution in [3.05, 3.63) is 11.8 Å². The molecule has 0 aliphatic rings. The van der Waals surface area contributed by atoms with Crippen molar-refractivity contribution in [1.82, 2.24) is 0 Å². The van der Waals surface area contributed by atoms with Crippen LogP contribution < -0.4 is 0 Å². The van der Waals surface area contributed by atoms with Gasteiger partial charge in [0.1, 0.15) is 0 Å². The number of hydrogen-bond donors (Lipinski definition) is 0. The monoisotopic (exact) mass is 238 g/mol. The van der Waals surface area contributed by atoms with E-state index in [9.17, 15) is 0 Å². The van der Waals surface area contributed by atoms with Crippen LogP contribution in [0, 0.1) is 0 Å². The normalized spacial score (nSPS) is 12.6. The third-order valence-electron chi connectivity index (χ3n) is 1.45. The summed E-state index contributed by atoms with van der Waals surface area (Å²) in [6.07, 6.45) is 1.81. The van der Waals surface area contributed by atoms with Crippen LogP contribution in [0.4, 0.5) is 0 Å². The molecule has 0 aliphatic heterocycles. The van der Waals surface area contributed by atoms with E-state index in [4.69, 9.17) is 24.9 Å². The summed E-state index contributed by atoms with van der Waals surface area (Å²) in [4.78, 5) is 0. The first-order valence-electron chi connectivity index (χ1n) is 4.90. The van der Waals surface area contributed by atoms with E-state index in [1.54, 1.807) is 0 Å². The molecule has 0 atom stereocenters. The van der Waals surface area contributed by atoms with Crippen molar-refractivity contribution < 1.29 is 13.3 Å². The first-order valence-corrected chi connectivity index (χ1v) is 7.23. The van der Waals surface area contributed by atoms with Gasteiger partial charge in [0, 0.05) is 25.7 Å². The van der Waals surface area contributed by atoms with Crippen LogP contribution >= 0.6 is 11.6 Å². The number of alkyl halides is 1. The zero-order valence-corrected chi connectivity index (χ0v) is 10.8. The molecule has 0 saturated heterocycles. The van der Waals surface area contributed by atoms with E-state index < -0.39 is 8.80 Å². The van der Waals surface area contributed by atoms with Gasteiger partial charge in [0.15, 0.2) is 0 Å². The second-order valence-corrected chi connectivity index (χ2v) is 5.17. The minimum atomic E-state index is -2.58. The summed E-state index contributed by atoms with van der Waals surface area (Å²) in [7, 11) is -2.58. The fourth-order valence-corrected chi connectivity index (χ4v) is 3.45. The lowest BCUT2D eigenvalue weighted by Crippen LogP contribution is -2.44. The third-order valence-corrected chi connectivity index (χ3v) is 4.34. The Morgan fingerprint density at radius 2 is 1.43 bits per heavy atom. The molecule has 0 fully saturated rings. The Hall–Kier alpha value is 0.127. The molecule has 0 aromatic carbocycles. The Labute approximate surface area is 92.4 Å². The van der Waals surface area contributed by atoms with Crippen molar-refractivity contribution >= 4 is 20.4 Å². The Morgan fingerprint density at radius 3 is 1.71 bits per heavy atom. The largest absolute Gasteiger partial charge is 0.529 e. The molecule has 0 unspecified atom stereocenters. The molecule has 0 amide bonds. The van der Waals surface area contributed by atoms with E-state index in [1.807, 2.05) is 32.5 Å².